The van der Waals surface area contributed by atoms with Gasteiger partial charge in [-0.05, 0) is 18.2 Å². The predicted octanol–water partition coefficient (Wildman–Crippen LogP) is 2.97. The second-order valence-electron chi connectivity index (χ2n) is 5.76. The first-order valence-corrected chi connectivity index (χ1v) is 8.70. The summed E-state index contributed by atoms with van der Waals surface area (Å²) in [6.45, 7) is 10.9. The molecule has 0 saturated carbocycles. The molecule has 0 fully saturated rings. The summed E-state index contributed by atoms with van der Waals surface area (Å²) in [6.07, 6.45) is 3.84. The summed E-state index contributed by atoms with van der Waals surface area (Å²) in [5.41, 5.74) is 6.75. The minimum atomic E-state index is -0.630. The zero-order valence-electron chi connectivity index (χ0n) is 15.4. The molecule has 1 aromatic carbocycles. The van der Waals surface area contributed by atoms with Crippen molar-refractivity contribution in [3.63, 3.8) is 0 Å². The van der Waals surface area contributed by atoms with E-state index in [1.165, 1.54) is 18.2 Å². The Balaban J connectivity index is 2.31. The van der Waals surface area contributed by atoms with E-state index in [-0.39, 0.29) is 29.5 Å². The van der Waals surface area contributed by atoms with E-state index in [2.05, 4.69) is 30.4 Å². The fraction of sp³-hybridized carbons (Fsp3) is 0.200. The van der Waals surface area contributed by atoms with Crippen LogP contribution in [0.2, 0.25) is 5.02 Å². The number of carbonyl (C=O) groups is 2. The number of hydrogen-bond donors (Lipinski definition) is 3. The summed E-state index contributed by atoms with van der Waals surface area (Å²) in [6, 6.07) is 3.89. The zero-order chi connectivity index (χ0) is 21.1. The number of nitrogens with one attached hydrogen (secondary N) is 2. The third-order valence-corrected chi connectivity index (χ3v) is 3.64. The average Bonchev–Trinajstić information content (AvgIpc) is 2.62. The number of ether oxygens (including phenoxy) is 1. The molecular weight excluding hydrogens is 385 g/mol. The Labute approximate surface area is 168 Å². The molecule has 0 heterocycles. The number of halogens is 2. The fourth-order valence-corrected chi connectivity index (χ4v) is 2.06. The maximum absolute atomic E-state index is 13.3. The number of carbonyl (C=O) groups excluding carboxylic acids is 2. The lowest BCUT2D eigenvalue weighted by Crippen LogP contribution is -2.31. The van der Waals surface area contributed by atoms with Crippen molar-refractivity contribution in [2.24, 2.45) is 5.73 Å². The van der Waals surface area contributed by atoms with E-state index in [4.69, 9.17) is 22.1 Å². The first-order valence-electron chi connectivity index (χ1n) is 8.32. The number of allylic oxidation sites excluding steroid dienone is 1. The van der Waals surface area contributed by atoms with Crippen molar-refractivity contribution in [1.82, 2.24) is 10.6 Å². The average molecular weight is 408 g/mol. The molecule has 150 valence electrons. The Morgan fingerprint density at radius 2 is 2.04 bits per heavy atom. The first-order chi connectivity index (χ1) is 13.2. The van der Waals surface area contributed by atoms with Crippen LogP contribution in [0.3, 0.4) is 0 Å². The molecule has 0 aliphatic rings. The molecule has 0 aliphatic heterocycles. The van der Waals surface area contributed by atoms with Crippen LogP contribution in [0, 0.1) is 5.82 Å². The third kappa shape index (κ3) is 8.55. The Kier molecular flexibility index (Phi) is 9.53. The minimum absolute atomic E-state index is 0.0288. The Morgan fingerprint density at radius 1 is 1.32 bits per heavy atom. The highest BCUT2D eigenvalue weighted by atomic mass is 35.5. The Hall–Kier alpha value is -3.06. The number of hydrogen-bond acceptors (Lipinski definition) is 4. The van der Waals surface area contributed by atoms with Crippen LogP contribution in [0.15, 0.2) is 67.1 Å². The van der Waals surface area contributed by atoms with Crippen molar-refractivity contribution in [1.29, 1.82) is 0 Å². The molecular formula is C20H23ClFN3O3. The molecule has 0 radical (unpaired) electrons. The monoisotopic (exact) mass is 407 g/mol. The van der Waals surface area contributed by atoms with Crippen LogP contribution < -0.4 is 21.1 Å². The molecule has 0 aromatic heterocycles. The summed E-state index contributed by atoms with van der Waals surface area (Å²) in [7, 11) is 0. The van der Waals surface area contributed by atoms with Gasteiger partial charge in [-0.1, -0.05) is 30.8 Å². The highest BCUT2D eigenvalue weighted by Crippen LogP contribution is 2.20. The molecule has 6 nitrogen and oxygen atoms in total. The molecule has 2 amide bonds. The van der Waals surface area contributed by atoms with E-state index >= 15 is 0 Å². The van der Waals surface area contributed by atoms with Crippen LogP contribution in [0.1, 0.15) is 12.8 Å². The molecule has 0 saturated heterocycles. The second-order valence-corrected chi connectivity index (χ2v) is 6.17. The summed E-state index contributed by atoms with van der Waals surface area (Å²) in [5, 5.41) is 5.15. The van der Waals surface area contributed by atoms with Crippen LogP contribution in [0.25, 0.3) is 0 Å². The van der Waals surface area contributed by atoms with Crippen molar-refractivity contribution in [3.8, 4) is 5.75 Å². The molecule has 0 aliphatic carbocycles. The smallest absolute Gasteiger partial charge is 0.257 e. The fourth-order valence-electron chi connectivity index (χ4n) is 1.94. The Bertz CT molecular complexity index is 806. The summed E-state index contributed by atoms with van der Waals surface area (Å²) in [5.74, 6) is -1.28. The lowest BCUT2D eigenvalue weighted by Gasteiger charge is -2.10. The summed E-state index contributed by atoms with van der Waals surface area (Å²) >= 11 is 5.57. The molecule has 1 rings (SSSR count). The Morgan fingerprint density at radius 3 is 2.68 bits per heavy atom. The maximum atomic E-state index is 13.3. The van der Waals surface area contributed by atoms with Gasteiger partial charge in [0.25, 0.3) is 11.8 Å². The molecule has 0 atom stereocenters. The van der Waals surface area contributed by atoms with Gasteiger partial charge < -0.3 is 21.1 Å². The van der Waals surface area contributed by atoms with E-state index in [1.807, 2.05) is 0 Å². The van der Waals surface area contributed by atoms with Crippen LogP contribution in [-0.4, -0.2) is 25.0 Å². The van der Waals surface area contributed by atoms with Crippen molar-refractivity contribution in [2.75, 3.05) is 13.2 Å². The van der Waals surface area contributed by atoms with Crippen LogP contribution in [0.5, 0.6) is 5.75 Å². The summed E-state index contributed by atoms with van der Waals surface area (Å²) in [4.78, 5) is 23.7. The first kappa shape index (κ1) is 23.0. The van der Waals surface area contributed by atoms with Gasteiger partial charge in [0.2, 0.25) is 0 Å². The number of rotatable bonds is 11. The molecule has 0 bridgehead atoms. The van der Waals surface area contributed by atoms with E-state index in [9.17, 15) is 14.0 Å². The van der Waals surface area contributed by atoms with Gasteiger partial charge in [-0.25, -0.2) is 4.39 Å². The zero-order valence-corrected chi connectivity index (χ0v) is 16.2. The standard InChI is InChI=1S/C20H23ClFN3O3/c1-4-5-15(23)10-13(2)20(27)25-14(3)8-9-24-19(26)12-28-16-6-7-17(21)18(22)11-16/h4,6-7,10-11H,1-3,5,8-9,12,23H2,(H,24,26)(H,25,27)/b15-10-. The second kappa shape index (κ2) is 11.6. The lowest BCUT2D eigenvalue weighted by molar-refractivity contribution is -0.123. The third-order valence-electron chi connectivity index (χ3n) is 3.33. The van der Waals surface area contributed by atoms with Gasteiger partial charge in [-0.15, -0.1) is 6.58 Å². The molecule has 0 unspecified atom stereocenters. The van der Waals surface area contributed by atoms with Crippen LogP contribution in [-0.2, 0) is 9.59 Å². The lowest BCUT2D eigenvalue weighted by atomic mass is 10.2. The van der Waals surface area contributed by atoms with E-state index in [0.717, 1.165) is 6.07 Å². The predicted molar refractivity (Wildman–Crippen MR) is 108 cm³/mol. The van der Waals surface area contributed by atoms with Crippen molar-refractivity contribution in [2.45, 2.75) is 12.8 Å². The van der Waals surface area contributed by atoms with Gasteiger partial charge in [0, 0.05) is 42.4 Å². The molecule has 28 heavy (non-hydrogen) atoms. The van der Waals surface area contributed by atoms with Crippen LogP contribution in [0.4, 0.5) is 4.39 Å². The van der Waals surface area contributed by atoms with Crippen molar-refractivity contribution >= 4 is 23.4 Å². The normalized spacial score (nSPS) is 10.7. The van der Waals surface area contributed by atoms with Crippen LogP contribution >= 0.6 is 11.6 Å². The summed E-state index contributed by atoms with van der Waals surface area (Å²) < 4.78 is 18.5. The molecule has 8 heteroatoms. The van der Waals surface area contributed by atoms with Crippen molar-refractivity contribution < 1.29 is 18.7 Å². The van der Waals surface area contributed by atoms with E-state index in [1.54, 1.807) is 6.08 Å². The largest absolute Gasteiger partial charge is 0.484 e. The van der Waals surface area contributed by atoms with Gasteiger partial charge in [0.1, 0.15) is 11.6 Å². The quantitative estimate of drug-likeness (QED) is 0.298. The maximum Gasteiger partial charge on any atom is 0.257 e. The van der Waals surface area contributed by atoms with E-state index < -0.39 is 17.6 Å². The minimum Gasteiger partial charge on any atom is -0.484 e. The molecule has 0 spiro atoms. The van der Waals surface area contributed by atoms with Gasteiger partial charge in [0.05, 0.1) is 5.02 Å². The van der Waals surface area contributed by atoms with Gasteiger partial charge >= 0.3 is 0 Å². The topological polar surface area (TPSA) is 93.5 Å². The van der Waals surface area contributed by atoms with Gasteiger partial charge in [-0.2, -0.15) is 0 Å². The molecule has 4 N–H and O–H groups in total. The highest BCUT2D eigenvalue weighted by Gasteiger charge is 2.08. The van der Waals surface area contributed by atoms with Gasteiger partial charge in [0.15, 0.2) is 6.61 Å². The number of benzene rings is 1. The van der Waals surface area contributed by atoms with Gasteiger partial charge in [-0.3, -0.25) is 9.59 Å². The number of nitrogens with two attached hydrogens (primary N) is 1. The van der Waals surface area contributed by atoms with Crippen molar-refractivity contribution in [3.05, 3.63) is 77.9 Å². The number of amides is 2. The van der Waals surface area contributed by atoms with E-state index in [0.29, 0.717) is 24.2 Å². The molecule has 1 aromatic rings. The SMILES string of the molecule is C=CC/C(N)=C/C(=C)C(=O)NC(=C)CCNC(=O)COc1ccc(Cl)c(F)c1. The highest BCUT2D eigenvalue weighted by molar-refractivity contribution is 6.30.